The minimum atomic E-state index is -0.547. The van der Waals surface area contributed by atoms with Gasteiger partial charge in [0.15, 0.2) is 0 Å². The monoisotopic (exact) mass is 373 g/mol. The standard InChI is InChI=1S/C20H39NO5/c1-15(22)13-21-17(24)9-10-19(5,6)26-14-20(7,8)25-12-11-18(3,4)16(2)23/h15,22H,9-14H2,1-8H3,(H,21,24). The van der Waals surface area contributed by atoms with Gasteiger partial charge in [0.25, 0.3) is 0 Å². The second-order valence-corrected chi connectivity index (χ2v) is 9.00. The average molecular weight is 374 g/mol. The summed E-state index contributed by atoms with van der Waals surface area (Å²) >= 11 is 0. The van der Waals surface area contributed by atoms with E-state index in [0.717, 1.165) is 0 Å². The number of amides is 1. The molecule has 0 bridgehead atoms. The molecule has 0 aromatic heterocycles. The Bertz CT molecular complexity index is 455. The van der Waals surface area contributed by atoms with Gasteiger partial charge in [0.2, 0.25) is 5.91 Å². The van der Waals surface area contributed by atoms with E-state index in [1.165, 1.54) is 0 Å². The highest BCUT2D eigenvalue weighted by Crippen LogP contribution is 2.24. The zero-order chi connectivity index (χ0) is 20.6. The molecule has 0 fully saturated rings. The number of aliphatic hydroxyl groups excluding tert-OH is 1. The predicted molar refractivity (Wildman–Crippen MR) is 103 cm³/mol. The second kappa shape index (κ2) is 10.4. The average Bonchev–Trinajstić information content (AvgIpc) is 2.49. The van der Waals surface area contributed by atoms with E-state index < -0.39 is 17.3 Å². The van der Waals surface area contributed by atoms with Crippen LogP contribution in [0.3, 0.4) is 0 Å². The van der Waals surface area contributed by atoms with E-state index >= 15 is 0 Å². The molecule has 1 atom stereocenters. The number of hydrogen-bond acceptors (Lipinski definition) is 5. The molecule has 6 heteroatoms. The molecule has 0 rings (SSSR count). The first-order valence-electron chi connectivity index (χ1n) is 9.41. The van der Waals surface area contributed by atoms with Crippen LogP contribution >= 0.6 is 0 Å². The van der Waals surface area contributed by atoms with Crippen molar-refractivity contribution in [3.8, 4) is 0 Å². The summed E-state index contributed by atoms with van der Waals surface area (Å²) in [7, 11) is 0. The van der Waals surface area contributed by atoms with Gasteiger partial charge in [-0.05, 0) is 54.4 Å². The Morgan fingerprint density at radius 3 is 2.08 bits per heavy atom. The van der Waals surface area contributed by atoms with Gasteiger partial charge < -0.3 is 19.9 Å². The van der Waals surface area contributed by atoms with Gasteiger partial charge in [-0.1, -0.05) is 13.8 Å². The Balaban J connectivity index is 4.25. The van der Waals surface area contributed by atoms with E-state index in [1.807, 2.05) is 41.5 Å². The van der Waals surface area contributed by atoms with Gasteiger partial charge in [-0.25, -0.2) is 0 Å². The molecule has 1 unspecified atom stereocenters. The number of carbonyl (C=O) groups is 2. The highest BCUT2D eigenvalue weighted by molar-refractivity contribution is 5.81. The van der Waals surface area contributed by atoms with E-state index in [2.05, 4.69) is 5.32 Å². The molecule has 0 aromatic carbocycles. The first-order chi connectivity index (χ1) is 11.7. The van der Waals surface area contributed by atoms with Crippen molar-refractivity contribution in [2.75, 3.05) is 19.8 Å². The molecular formula is C20H39NO5. The lowest BCUT2D eigenvalue weighted by Crippen LogP contribution is -2.38. The molecule has 1 amide bonds. The highest BCUT2D eigenvalue weighted by Gasteiger charge is 2.28. The summed E-state index contributed by atoms with van der Waals surface area (Å²) in [5.41, 5.74) is -1.31. The molecule has 0 spiro atoms. The largest absolute Gasteiger partial charge is 0.392 e. The Hall–Kier alpha value is -0.980. The number of aliphatic hydroxyl groups is 1. The molecule has 0 saturated heterocycles. The summed E-state index contributed by atoms with van der Waals surface area (Å²) in [5.74, 6) is 0.0645. The summed E-state index contributed by atoms with van der Waals surface area (Å²) in [4.78, 5) is 23.3. The van der Waals surface area contributed by atoms with Crippen LogP contribution in [0.15, 0.2) is 0 Å². The van der Waals surface area contributed by atoms with Crippen LogP contribution in [-0.2, 0) is 19.1 Å². The Morgan fingerprint density at radius 1 is 1.00 bits per heavy atom. The van der Waals surface area contributed by atoms with Crippen molar-refractivity contribution < 1.29 is 24.2 Å². The number of Topliss-reactive ketones (excluding diaryl/α,β-unsaturated/α-hetero) is 1. The molecule has 0 aromatic rings. The first kappa shape index (κ1) is 25.0. The van der Waals surface area contributed by atoms with Crippen LogP contribution in [0.2, 0.25) is 0 Å². The lowest BCUT2D eigenvalue weighted by Gasteiger charge is -2.33. The van der Waals surface area contributed by atoms with Crippen LogP contribution < -0.4 is 5.32 Å². The van der Waals surface area contributed by atoms with Gasteiger partial charge in [0.05, 0.1) is 23.9 Å². The molecule has 0 aliphatic rings. The molecule has 0 aliphatic heterocycles. The van der Waals surface area contributed by atoms with Gasteiger partial charge in [-0.2, -0.15) is 0 Å². The molecule has 0 heterocycles. The Labute approximate surface area is 159 Å². The molecule has 26 heavy (non-hydrogen) atoms. The van der Waals surface area contributed by atoms with Gasteiger partial charge in [-0.3, -0.25) is 9.59 Å². The van der Waals surface area contributed by atoms with Crippen molar-refractivity contribution in [3.05, 3.63) is 0 Å². The van der Waals surface area contributed by atoms with Crippen molar-refractivity contribution in [2.45, 2.75) is 92.0 Å². The smallest absolute Gasteiger partial charge is 0.220 e. The highest BCUT2D eigenvalue weighted by atomic mass is 16.6. The summed E-state index contributed by atoms with van der Waals surface area (Å²) < 4.78 is 11.9. The van der Waals surface area contributed by atoms with Crippen molar-refractivity contribution in [1.29, 1.82) is 0 Å². The molecule has 2 N–H and O–H groups in total. The number of ketones is 1. The zero-order valence-electron chi connectivity index (χ0n) is 17.9. The van der Waals surface area contributed by atoms with Crippen molar-refractivity contribution >= 4 is 11.7 Å². The summed E-state index contributed by atoms with van der Waals surface area (Å²) in [6.45, 7) is 16.0. The Kier molecular flexibility index (Phi) is 9.99. The minimum Gasteiger partial charge on any atom is -0.392 e. The molecule has 0 aliphatic carbocycles. The number of hydrogen-bond donors (Lipinski definition) is 2. The normalized spacial score (nSPS) is 14.2. The molecule has 0 radical (unpaired) electrons. The number of carbonyl (C=O) groups excluding carboxylic acids is 2. The van der Waals surface area contributed by atoms with Gasteiger partial charge in [0.1, 0.15) is 5.78 Å². The van der Waals surface area contributed by atoms with E-state index in [1.54, 1.807) is 13.8 Å². The number of rotatable bonds is 13. The fraction of sp³-hybridized carbons (Fsp3) is 0.900. The maximum absolute atomic E-state index is 11.8. The van der Waals surface area contributed by atoms with Crippen LogP contribution in [0.4, 0.5) is 0 Å². The molecule has 0 saturated carbocycles. The molecule has 154 valence electrons. The fourth-order valence-corrected chi connectivity index (χ4v) is 2.01. The molecule has 6 nitrogen and oxygen atoms in total. The number of nitrogens with one attached hydrogen (secondary N) is 1. The quantitative estimate of drug-likeness (QED) is 0.518. The first-order valence-corrected chi connectivity index (χ1v) is 9.41. The Morgan fingerprint density at radius 2 is 1.58 bits per heavy atom. The maximum Gasteiger partial charge on any atom is 0.220 e. The minimum absolute atomic E-state index is 0.0930. The maximum atomic E-state index is 11.8. The summed E-state index contributed by atoms with van der Waals surface area (Å²) in [6, 6.07) is 0. The van der Waals surface area contributed by atoms with Crippen LogP contribution in [0.5, 0.6) is 0 Å². The lowest BCUT2D eigenvalue weighted by atomic mass is 9.86. The van der Waals surface area contributed by atoms with E-state index in [4.69, 9.17) is 9.47 Å². The van der Waals surface area contributed by atoms with E-state index in [9.17, 15) is 14.7 Å². The van der Waals surface area contributed by atoms with E-state index in [0.29, 0.717) is 32.5 Å². The van der Waals surface area contributed by atoms with Gasteiger partial charge in [-0.15, -0.1) is 0 Å². The third kappa shape index (κ3) is 11.6. The zero-order valence-corrected chi connectivity index (χ0v) is 17.9. The summed E-state index contributed by atoms with van der Waals surface area (Å²) in [5, 5.41) is 11.9. The third-order valence-electron chi connectivity index (χ3n) is 4.53. The van der Waals surface area contributed by atoms with Gasteiger partial charge >= 0.3 is 0 Å². The van der Waals surface area contributed by atoms with Crippen LogP contribution in [-0.4, -0.2) is 53.9 Å². The topological polar surface area (TPSA) is 84.9 Å². The second-order valence-electron chi connectivity index (χ2n) is 9.00. The van der Waals surface area contributed by atoms with Crippen LogP contribution in [0, 0.1) is 5.41 Å². The lowest BCUT2D eigenvalue weighted by molar-refractivity contribution is -0.136. The fourth-order valence-electron chi connectivity index (χ4n) is 2.01. The van der Waals surface area contributed by atoms with Crippen LogP contribution in [0.1, 0.15) is 74.7 Å². The van der Waals surface area contributed by atoms with E-state index in [-0.39, 0.29) is 23.7 Å². The predicted octanol–water partition coefficient (Wildman–Crippen LogP) is 2.86. The van der Waals surface area contributed by atoms with Crippen molar-refractivity contribution in [3.63, 3.8) is 0 Å². The summed E-state index contributed by atoms with van der Waals surface area (Å²) in [6.07, 6.45) is 1.03. The van der Waals surface area contributed by atoms with Crippen molar-refractivity contribution in [1.82, 2.24) is 5.32 Å². The van der Waals surface area contributed by atoms with Gasteiger partial charge in [0, 0.05) is 25.0 Å². The van der Waals surface area contributed by atoms with Crippen LogP contribution in [0.25, 0.3) is 0 Å². The van der Waals surface area contributed by atoms with Crippen molar-refractivity contribution in [2.24, 2.45) is 5.41 Å². The SMILES string of the molecule is CC(=O)C(C)(C)CCOC(C)(C)COC(C)(C)CCC(=O)NCC(C)O. The molecular weight excluding hydrogens is 334 g/mol. The third-order valence-corrected chi connectivity index (χ3v) is 4.53. The number of ether oxygens (including phenoxy) is 2.